The molecule has 0 heteroatoms. The second kappa shape index (κ2) is 4.75. The molecule has 0 bridgehead atoms. The molecule has 3 aliphatic rings. The highest BCUT2D eigenvalue weighted by Gasteiger charge is 2.60. The van der Waals surface area contributed by atoms with Gasteiger partial charge in [-0.3, -0.25) is 0 Å². The monoisotopic (exact) mass is 276 g/mol. The van der Waals surface area contributed by atoms with Crippen molar-refractivity contribution < 1.29 is 0 Å². The molecule has 3 fully saturated rings. The van der Waals surface area contributed by atoms with E-state index in [1.54, 1.807) is 0 Å². The lowest BCUT2D eigenvalue weighted by Gasteiger charge is -2.50. The Bertz CT molecular complexity index is 304. The second-order valence-corrected chi connectivity index (χ2v) is 9.18. The molecule has 8 unspecified atom stereocenters. The number of hydrogen-bond acceptors (Lipinski definition) is 0. The molecule has 3 saturated carbocycles. The summed E-state index contributed by atoms with van der Waals surface area (Å²) in [6, 6.07) is 0. The van der Waals surface area contributed by atoms with E-state index in [0.717, 1.165) is 71.0 Å². The van der Waals surface area contributed by atoms with Gasteiger partial charge in [0.1, 0.15) is 0 Å². The van der Waals surface area contributed by atoms with Crippen molar-refractivity contribution in [3.05, 3.63) is 0 Å². The molecular formula is C20H36. The van der Waals surface area contributed by atoms with Gasteiger partial charge in [-0.25, -0.2) is 0 Å². The van der Waals surface area contributed by atoms with Crippen LogP contribution in [0, 0.1) is 71.0 Å². The smallest absolute Gasteiger partial charge is 0.0323 e. The number of hydrogen-bond donors (Lipinski definition) is 0. The van der Waals surface area contributed by atoms with Gasteiger partial charge in [-0.1, -0.05) is 55.4 Å². The zero-order valence-electron chi connectivity index (χ0n) is 14.9. The fourth-order valence-corrected chi connectivity index (χ4v) is 7.59. The van der Waals surface area contributed by atoms with Gasteiger partial charge in [0, 0.05) is 0 Å². The van der Waals surface area contributed by atoms with Gasteiger partial charge >= 0.3 is 0 Å². The Kier molecular flexibility index (Phi) is 3.54. The molecule has 0 amide bonds. The Labute approximate surface area is 127 Å². The lowest BCUT2D eigenvalue weighted by molar-refractivity contribution is -0.0217. The van der Waals surface area contributed by atoms with Gasteiger partial charge in [-0.15, -0.1) is 0 Å². The van der Waals surface area contributed by atoms with Crippen LogP contribution in [-0.2, 0) is 0 Å². The van der Waals surface area contributed by atoms with Crippen molar-refractivity contribution in [3.8, 4) is 0 Å². The minimum absolute atomic E-state index is 0.928. The molecule has 0 spiro atoms. The van der Waals surface area contributed by atoms with E-state index in [4.69, 9.17) is 0 Å². The molecule has 0 saturated heterocycles. The molecule has 3 aliphatic carbocycles. The van der Waals surface area contributed by atoms with Gasteiger partial charge < -0.3 is 0 Å². The van der Waals surface area contributed by atoms with Crippen molar-refractivity contribution in [2.45, 2.75) is 55.4 Å². The van der Waals surface area contributed by atoms with Crippen molar-refractivity contribution in [3.63, 3.8) is 0 Å². The van der Waals surface area contributed by atoms with Crippen LogP contribution in [0.1, 0.15) is 55.4 Å². The first-order valence-corrected chi connectivity index (χ1v) is 9.29. The summed E-state index contributed by atoms with van der Waals surface area (Å²) < 4.78 is 0. The van der Waals surface area contributed by atoms with Gasteiger partial charge in [0.2, 0.25) is 0 Å². The molecule has 0 aromatic carbocycles. The van der Waals surface area contributed by atoms with E-state index in [-0.39, 0.29) is 0 Å². The maximum atomic E-state index is 2.61. The number of rotatable bonds is 0. The Morgan fingerprint density at radius 1 is 0.250 bits per heavy atom. The molecule has 0 N–H and O–H groups in total. The van der Waals surface area contributed by atoms with Crippen LogP contribution in [0.5, 0.6) is 0 Å². The molecule has 0 aliphatic heterocycles. The standard InChI is InChI=1S/C20H36/c1-9-11(3)17-15(7)19-13(5)10(2)14(6)20(19)16(8)18(17)12(9)4/h9-20H,1-8H3. The summed E-state index contributed by atoms with van der Waals surface area (Å²) in [5, 5.41) is 0. The summed E-state index contributed by atoms with van der Waals surface area (Å²) in [7, 11) is 0. The third kappa shape index (κ3) is 1.66. The summed E-state index contributed by atoms with van der Waals surface area (Å²) in [6.07, 6.45) is 0. The SMILES string of the molecule is CC1C(C)C2C(C)C3C(C)C(C)C(C)C3C(C)C2C1C. The van der Waals surface area contributed by atoms with Crippen molar-refractivity contribution in [2.75, 3.05) is 0 Å². The zero-order valence-corrected chi connectivity index (χ0v) is 14.9. The summed E-state index contributed by atoms with van der Waals surface area (Å²) in [5.41, 5.74) is 0. The van der Waals surface area contributed by atoms with Crippen LogP contribution in [0.3, 0.4) is 0 Å². The third-order valence-electron chi connectivity index (χ3n) is 9.06. The van der Waals surface area contributed by atoms with E-state index in [2.05, 4.69) is 55.4 Å². The molecule has 0 nitrogen and oxygen atoms in total. The minimum atomic E-state index is 0.928. The van der Waals surface area contributed by atoms with Crippen LogP contribution < -0.4 is 0 Å². The molecule has 0 aromatic rings. The normalized spacial score (nSPS) is 66.0. The van der Waals surface area contributed by atoms with E-state index in [1.807, 2.05) is 0 Å². The van der Waals surface area contributed by atoms with E-state index in [1.165, 1.54) is 0 Å². The summed E-state index contributed by atoms with van der Waals surface area (Å²) >= 11 is 0. The van der Waals surface area contributed by atoms with Crippen molar-refractivity contribution in [2.24, 2.45) is 71.0 Å². The van der Waals surface area contributed by atoms with Crippen LogP contribution >= 0.6 is 0 Å². The average molecular weight is 277 g/mol. The Hall–Kier alpha value is 0. The van der Waals surface area contributed by atoms with Gasteiger partial charge in [0.25, 0.3) is 0 Å². The molecule has 0 aromatic heterocycles. The maximum absolute atomic E-state index is 2.61. The van der Waals surface area contributed by atoms with Crippen LogP contribution in [0.25, 0.3) is 0 Å². The van der Waals surface area contributed by atoms with Crippen LogP contribution in [0.4, 0.5) is 0 Å². The molecule has 8 atom stereocenters. The first kappa shape index (κ1) is 14.9. The van der Waals surface area contributed by atoms with E-state index in [9.17, 15) is 0 Å². The second-order valence-electron chi connectivity index (χ2n) is 9.18. The molecule has 3 rings (SSSR count). The van der Waals surface area contributed by atoms with Gasteiger partial charge in [-0.05, 0) is 71.0 Å². The van der Waals surface area contributed by atoms with E-state index < -0.39 is 0 Å². The maximum Gasteiger partial charge on any atom is -0.0323 e. The predicted octanol–water partition coefficient (Wildman–Crippen LogP) is 5.58. The fourth-order valence-electron chi connectivity index (χ4n) is 7.59. The predicted molar refractivity (Wildman–Crippen MR) is 87.3 cm³/mol. The average Bonchev–Trinajstić information content (AvgIpc) is 2.77. The lowest BCUT2D eigenvalue weighted by Crippen LogP contribution is -2.45. The lowest BCUT2D eigenvalue weighted by atomic mass is 9.55. The van der Waals surface area contributed by atoms with Crippen LogP contribution in [0.2, 0.25) is 0 Å². The van der Waals surface area contributed by atoms with Gasteiger partial charge in [-0.2, -0.15) is 0 Å². The van der Waals surface area contributed by atoms with E-state index in [0.29, 0.717) is 0 Å². The molecule has 116 valence electrons. The molecular weight excluding hydrogens is 240 g/mol. The Morgan fingerprint density at radius 3 is 0.650 bits per heavy atom. The van der Waals surface area contributed by atoms with Crippen molar-refractivity contribution in [1.82, 2.24) is 0 Å². The van der Waals surface area contributed by atoms with Crippen LogP contribution in [-0.4, -0.2) is 0 Å². The Morgan fingerprint density at radius 2 is 0.450 bits per heavy atom. The quantitative estimate of drug-likeness (QED) is 0.542. The topological polar surface area (TPSA) is 0 Å². The summed E-state index contributed by atoms with van der Waals surface area (Å²) in [4.78, 5) is 0. The zero-order chi connectivity index (χ0) is 14.9. The first-order chi connectivity index (χ1) is 9.29. The third-order valence-corrected chi connectivity index (χ3v) is 9.06. The van der Waals surface area contributed by atoms with Gasteiger partial charge in [0.15, 0.2) is 0 Å². The highest BCUT2D eigenvalue weighted by molar-refractivity contribution is 5.08. The first-order valence-electron chi connectivity index (χ1n) is 9.29. The molecule has 20 heavy (non-hydrogen) atoms. The van der Waals surface area contributed by atoms with Crippen LogP contribution in [0.15, 0.2) is 0 Å². The molecule has 0 radical (unpaired) electrons. The van der Waals surface area contributed by atoms with Crippen molar-refractivity contribution in [1.29, 1.82) is 0 Å². The molecule has 0 heterocycles. The van der Waals surface area contributed by atoms with E-state index >= 15 is 0 Å². The summed E-state index contributed by atoms with van der Waals surface area (Å²) in [6.45, 7) is 20.5. The Balaban J connectivity index is 2.00. The highest BCUT2D eigenvalue weighted by atomic mass is 14.7. The van der Waals surface area contributed by atoms with Gasteiger partial charge in [0.05, 0.1) is 0 Å². The summed E-state index contributed by atoms with van der Waals surface area (Å²) in [5.74, 6) is 11.5. The van der Waals surface area contributed by atoms with Crippen molar-refractivity contribution >= 4 is 0 Å². The number of fused-ring (bicyclic) bond motifs is 2. The highest BCUT2D eigenvalue weighted by Crippen LogP contribution is 2.65. The minimum Gasteiger partial charge on any atom is -0.0620 e. The largest absolute Gasteiger partial charge is 0.0620 e. The fraction of sp³-hybridized carbons (Fsp3) is 1.00.